The van der Waals surface area contributed by atoms with Crippen LogP contribution in [0.4, 0.5) is 5.69 Å². The number of carbonyl (C=O) groups excluding carboxylic acids is 1. The highest BCUT2D eigenvalue weighted by Crippen LogP contribution is 2.40. The van der Waals surface area contributed by atoms with E-state index in [9.17, 15) is 15.2 Å². The molecule has 1 amide bonds. The van der Waals surface area contributed by atoms with Crippen LogP contribution in [0.3, 0.4) is 0 Å². The fourth-order valence-corrected chi connectivity index (χ4v) is 3.33. The number of carbonyl (C=O) groups is 1. The number of rotatable bonds is 3. The number of para-hydroxylation sites is 1. The maximum absolute atomic E-state index is 12.7. The summed E-state index contributed by atoms with van der Waals surface area (Å²) < 4.78 is 0.736. The molecule has 0 unspecified atom stereocenters. The van der Waals surface area contributed by atoms with Gasteiger partial charge in [-0.3, -0.25) is 4.79 Å². The number of nitrogens with zero attached hydrogens (tertiary/aromatic N) is 1. The van der Waals surface area contributed by atoms with E-state index < -0.39 is 5.91 Å². The van der Waals surface area contributed by atoms with Gasteiger partial charge in [0, 0.05) is 15.6 Å². The first-order chi connectivity index (χ1) is 13.3. The van der Waals surface area contributed by atoms with Gasteiger partial charge in [0.2, 0.25) is 0 Å². The van der Waals surface area contributed by atoms with Crippen LogP contribution in [-0.2, 0) is 15.6 Å². The monoisotopic (exact) mass is 454 g/mol. The smallest absolute Gasteiger partial charge is 0.266 e. The van der Waals surface area contributed by atoms with Crippen molar-refractivity contribution < 1.29 is 9.90 Å². The maximum Gasteiger partial charge on any atom is 0.266 e. The van der Waals surface area contributed by atoms with Gasteiger partial charge in [0.15, 0.2) is 0 Å². The number of phenolic OH excluding ortho intramolecular Hbond substituents is 1. The van der Waals surface area contributed by atoms with Gasteiger partial charge in [0.05, 0.1) is 5.69 Å². The van der Waals surface area contributed by atoms with Crippen molar-refractivity contribution in [3.05, 3.63) is 63.1 Å². The Hall–Kier alpha value is -2.58. The molecule has 0 saturated heterocycles. The van der Waals surface area contributed by atoms with Gasteiger partial charge < -0.3 is 10.4 Å². The Labute approximate surface area is 181 Å². The van der Waals surface area contributed by atoms with E-state index in [2.05, 4.69) is 21.2 Å². The minimum atomic E-state index is -0.484. The van der Waals surface area contributed by atoms with Gasteiger partial charge in [-0.1, -0.05) is 53.7 Å². The lowest BCUT2D eigenvalue weighted by atomic mass is 9.78. The maximum atomic E-state index is 12.7. The van der Waals surface area contributed by atoms with E-state index >= 15 is 0 Å². The van der Waals surface area contributed by atoms with Gasteiger partial charge in [0.1, 0.15) is 17.4 Å². The zero-order valence-corrected chi connectivity index (χ0v) is 19.3. The normalized spacial score (nSPS) is 12.4. The first-order valence-electron chi connectivity index (χ1n) is 9.40. The molecule has 0 aliphatic rings. The SMILES string of the molecule is CC(C)(C)c1cc(/C=C(/C#N)C(=O)Nc2ccccc2Br)cc(C(C)(C)C)c1O. The minimum absolute atomic E-state index is 0.00818. The molecule has 0 heterocycles. The van der Waals surface area contributed by atoms with Gasteiger partial charge in [-0.05, 0) is 62.7 Å². The Kier molecular flexibility index (Phi) is 6.60. The van der Waals surface area contributed by atoms with Crippen molar-refractivity contribution in [1.29, 1.82) is 5.26 Å². The summed E-state index contributed by atoms with van der Waals surface area (Å²) in [5, 5.41) is 23.2. The molecule has 0 saturated carbocycles. The van der Waals surface area contributed by atoms with Crippen molar-refractivity contribution in [2.45, 2.75) is 52.4 Å². The van der Waals surface area contributed by atoms with Crippen LogP contribution in [0.2, 0.25) is 0 Å². The average Bonchev–Trinajstić information content (AvgIpc) is 2.60. The average molecular weight is 455 g/mol. The molecular weight excluding hydrogens is 428 g/mol. The standard InChI is InChI=1S/C24H27BrN2O2/c1-23(2,3)17-12-15(13-18(21(17)28)24(4,5)6)11-16(14-26)22(29)27-20-10-8-7-9-19(20)25/h7-13,28H,1-6H3,(H,27,29)/b16-11-. The molecule has 2 N–H and O–H groups in total. The first kappa shape index (κ1) is 22.7. The number of anilines is 1. The number of benzene rings is 2. The van der Waals surface area contributed by atoms with E-state index in [1.807, 2.05) is 71.9 Å². The van der Waals surface area contributed by atoms with Crippen LogP contribution in [0.1, 0.15) is 58.2 Å². The quantitative estimate of drug-likeness (QED) is 0.422. The van der Waals surface area contributed by atoms with Crippen LogP contribution < -0.4 is 5.32 Å². The zero-order chi connectivity index (χ0) is 22.0. The third-order valence-electron chi connectivity index (χ3n) is 4.55. The molecule has 0 fully saturated rings. The molecule has 0 aromatic heterocycles. The van der Waals surface area contributed by atoms with Crippen molar-refractivity contribution >= 4 is 33.6 Å². The number of hydrogen-bond donors (Lipinski definition) is 2. The largest absolute Gasteiger partial charge is 0.507 e. The van der Waals surface area contributed by atoms with E-state index in [-0.39, 0.29) is 22.2 Å². The fourth-order valence-electron chi connectivity index (χ4n) is 2.95. The molecule has 2 rings (SSSR count). The predicted octanol–water partition coefficient (Wildman–Crippen LogP) is 6.30. The van der Waals surface area contributed by atoms with Crippen LogP contribution >= 0.6 is 15.9 Å². The highest BCUT2D eigenvalue weighted by molar-refractivity contribution is 9.10. The molecule has 4 nitrogen and oxygen atoms in total. The first-order valence-corrected chi connectivity index (χ1v) is 10.2. The van der Waals surface area contributed by atoms with Crippen molar-refractivity contribution in [2.75, 3.05) is 5.32 Å². The Morgan fingerprint density at radius 1 is 1.07 bits per heavy atom. The topological polar surface area (TPSA) is 73.1 Å². The van der Waals surface area contributed by atoms with Crippen LogP contribution in [0.5, 0.6) is 5.75 Å². The van der Waals surface area contributed by atoms with E-state index in [0.29, 0.717) is 11.3 Å². The molecule has 0 aliphatic carbocycles. The molecule has 29 heavy (non-hydrogen) atoms. The fraction of sp³-hybridized carbons (Fsp3) is 0.333. The lowest BCUT2D eigenvalue weighted by molar-refractivity contribution is -0.112. The molecule has 0 atom stereocenters. The Morgan fingerprint density at radius 3 is 2.03 bits per heavy atom. The third kappa shape index (κ3) is 5.48. The number of nitrogens with one attached hydrogen (secondary N) is 1. The van der Waals surface area contributed by atoms with Gasteiger partial charge >= 0.3 is 0 Å². The zero-order valence-electron chi connectivity index (χ0n) is 17.7. The molecular formula is C24H27BrN2O2. The van der Waals surface area contributed by atoms with Crippen molar-refractivity contribution in [1.82, 2.24) is 0 Å². The number of hydrogen-bond acceptors (Lipinski definition) is 3. The minimum Gasteiger partial charge on any atom is -0.507 e. The summed E-state index contributed by atoms with van der Waals surface area (Å²) in [6, 6.07) is 12.9. The van der Waals surface area contributed by atoms with E-state index in [4.69, 9.17) is 0 Å². The summed E-state index contributed by atoms with van der Waals surface area (Å²) in [7, 11) is 0. The van der Waals surface area contributed by atoms with E-state index in [1.54, 1.807) is 18.2 Å². The van der Waals surface area contributed by atoms with Crippen molar-refractivity contribution in [2.24, 2.45) is 0 Å². The second-order valence-electron chi connectivity index (χ2n) is 9.07. The van der Waals surface area contributed by atoms with Crippen LogP contribution in [0, 0.1) is 11.3 Å². The number of amides is 1. The second kappa shape index (κ2) is 8.42. The van der Waals surface area contributed by atoms with Crippen LogP contribution in [0.25, 0.3) is 6.08 Å². The Morgan fingerprint density at radius 2 is 1.59 bits per heavy atom. The molecule has 0 aliphatic heterocycles. The highest BCUT2D eigenvalue weighted by atomic mass is 79.9. The van der Waals surface area contributed by atoms with Gasteiger partial charge in [-0.2, -0.15) is 5.26 Å². The van der Waals surface area contributed by atoms with E-state index in [0.717, 1.165) is 15.6 Å². The Balaban J connectivity index is 2.54. The Bertz CT molecular complexity index is 968. The predicted molar refractivity (Wildman–Crippen MR) is 122 cm³/mol. The van der Waals surface area contributed by atoms with Gasteiger partial charge in [-0.15, -0.1) is 0 Å². The summed E-state index contributed by atoms with van der Waals surface area (Å²) in [5.74, 6) is -0.222. The van der Waals surface area contributed by atoms with Crippen molar-refractivity contribution in [3.8, 4) is 11.8 Å². The molecule has 0 spiro atoms. The second-order valence-corrected chi connectivity index (χ2v) is 9.92. The van der Waals surface area contributed by atoms with Crippen LogP contribution in [0.15, 0.2) is 46.4 Å². The molecule has 2 aromatic rings. The summed E-state index contributed by atoms with van der Waals surface area (Å²) in [5.41, 5.74) is 2.26. The number of nitriles is 1. The molecule has 0 radical (unpaired) electrons. The van der Waals surface area contributed by atoms with Gasteiger partial charge in [0.25, 0.3) is 5.91 Å². The molecule has 5 heteroatoms. The van der Waals surface area contributed by atoms with Crippen LogP contribution in [-0.4, -0.2) is 11.0 Å². The molecule has 152 valence electrons. The lowest BCUT2D eigenvalue weighted by Crippen LogP contribution is -2.18. The number of halogens is 1. The molecule has 0 bridgehead atoms. The van der Waals surface area contributed by atoms with Crippen molar-refractivity contribution in [3.63, 3.8) is 0 Å². The lowest BCUT2D eigenvalue weighted by Gasteiger charge is -2.28. The summed E-state index contributed by atoms with van der Waals surface area (Å²) >= 11 is 3.39. The highest BCUT2D eigenvalue weighted by Gasteiger charge is 2.26. The number of phenols is 1. The summed E-state index contributed by atoms with van der Waals surface area (Å²) in [6.45, 7) is 12.1. The number of aromatic hydroxyl groups is 1. The summed E-state index contributed by atoms with van der Waals surface area (Å²) in [4.78, 5) is 12.7. The van der Waals surface area contributed by atoms with Gasteiger partial charge in [-0.25, -0.2) is 0 Å². The summed E-state index contributed by atoms with van der Waals surface area (Å²) in [6.07, 6.45) is 1.57. The molecule has 2 aromatic carbocycles. The van der Waals surface area contributed by atoms with E-state index in [1.165, 1.54) is 0 Å². The third-order valence-corrected chi connectivity index (χ3v) is 5.24.